The molecule has 1 atom stereocenters. The van der Waals surface area contributed by atoms with Crippen molar-refractivity contribution in [2.24, 2.45) is 5.73 Å². The summed E-state index contributed by atoms with van der Waals surface area (Å²) in [6.45, 7) is 6.55. The fourth-order valence-corrected chi connectivity index (χ4v) is 1.84. The lowest BCUT2D eigenvalue weighted by Crippen LogP contribution is -2.39. The van der Waals surface area contributed by atoms with Gasteiger partial charge in [-0.15, -0.1) is 0 Å². The van der Waals surface area contributed by atoms with Gasteiger partial charge in [0, 0.05) is 32.3 Å². The first kappa shape index (κ1) is 15.1. The van der Waals surface area contributed by atoms with Crippen molar-refractivity contribution in [1.82, 2.24) is 4.90 Å². The molecule has 0 aliphatic carbocycles. The summed E-state index contributed by atoms with van der Waals surface area (Å²) in [6, 6.07) is 6.69. The lowest BCUT2D eigenvalue weighted by Gasteiger charge is -2.29. The van der Waals surface area contributed by atoms with Crippen LogP contribution in [0.5, 0.6) is 0 Å². The van der Waals surface area contributed by atoms with E-state index in [1.54, 1.807) is 19.2 Å². The third kappa shape index (κ3) is 4.72. The molecule has 0 radical (unpaired) electrons. The number of hydrogen-bond acceptors (Lipinski definition) is 3. The zero-order chi connectivity index (χ0) is 13.5. The highest BCUT2D eigenvalue weighted by atomic mass is 19.1. The molecule has 0 aliphatic heterocycles. The van der Waals surface area contributed by atoms with Gasteiger partial charge in [0.2, 0.25) is 0 Å². The van der Waals surface area contributed by atoms with Crippen LogP contribution in [0.2, 0.25) is 0 Å². The molecule has 1 unspecified atom stereocenters. The van der Waals surface area contributed by atoms with Crippen LogP contribution >= 0.6 is 0 Å². The normalized spacial score (nSPS) is 13.3. The second-order valence-corrected chi connectivity index (χ2v) is 4.74. The SMILES string of the molecule is COCCN(CC(N)c1ccc(F)cc1)C(C)C. The molecule has 0 amide bonds. The first-order valence-corrected chi connectivity index (χ1v) is 6.28. The van der Waals surface area contributed by atoms with E-state index in [-0.39, 0.29) is 11.9 Å². The molecule has 0 bridgehead atoms. The van der Waals surface area contributed by atoms with Gasteiger partial charge in [-0.05, 0) is 31.5 Å². The van der Waals surface area contributed by atoms with E-state index >= 15 is 0 Å². The standard InChI is InChI=1S/C14H23FN2O/c1-11(2)17(8-9-18-3)10-14(16)12-4-6-13(15)7-5-12/h4-7,11,14H,8-10,16H2,1-3H3. The van der Waals surface area contributed by atoms with Crippen LogP contribution in [0, 0.1) is 5.82 Å². The third-order valence-corrected chi connectivity index (χ3v) is 3.04. The molecular weight excluding hydrogens is 231 g/mol. The Hall–Kier alpha value is -0.970. The van der Waals surface area contributed by atoms with Crippen LogP contribution in [0.25, 0.3) is 0 Å². The van der Waals surface area contributed by atoms with E-state index in [1.165, 1.54) is 12.1 Å². The molecule has 0 saturated heterocycles. The zero-order valence-corrected chi connectivity index (χ0v) is 11.4. The summed E-state index contributed by atoms with van der Waals surface area (Å²) in [5, 5.41) is 0. The molecule has 3 nitrogen and oxygen atoms in total. The van der Waals surface area contributed by atoms with Crippen LogP contribution in [0.4, 0.5) is 4.39 Å². The Morgan fingerprint density at radius 2 is 1.89 bits per heavy atom. The molecule has 0 aromatic heterocycles. The number of halogens is 1. The molecular formula is C14H23FN2O. The molecule has 0 heterocycles. The Morgan fingerprint density at radius 1 is 1.28 bits per heavy atom. The summed E-state index contributed by atoms with van der Waals surface area (Å²) in [6.07, 6.45) is 0. The molecule has 2 N–H and O–H groups in total. The van der Waals surface area contributed by atoms with Gasteiger partial charge in [-0.25, -0.2) is 4.39 Å². The molecule has 1 aromatic rings. The molecule has 102 valence electrons. The monoisotopic (exact) mass is 254 g/mol. The van der Waals surface area contributed by atoms with Crippen molar-refractivity contribution >= 4 is 0 Å². The number of nitrogens with zero attached hydrogens (tertiary/aromatic N) is 1. The average Bonchev–Trinajstić information content (AvgIpc) is 2.34. The zero-order valence-electron chi connectivity index (χ0n) is 11.4. The van der Waals surface area contributed by atoms with Gasteiger partial charge in [-0.2, -0.15) is 0 Å². The van der Waals surface area contributed by atoms with Crippen molar-refractivity contribution in [2.45, 2.75) is 25.9 Å². The van der Waals surface area contributed by atoms with Crippen LogP contribution in [0.1, 0.15) is 25.5 Å². The Kier molecular flexibility index (Phi) is 6.25. The molecule has 1 rings (SSSR count). The van der Waals surface area contributed by atoms with Crippen molar-refractivity contribution in [3.8, 4) is 0 Å². The maximum atomic E-state index is 12.8. The van der Waals surface area contributed by atoms with E-state index < -0.39 is 0 Å². The fraction of sp³-hybridized carbons (Fsp3) is 0.571. The lowest BCUT2D eigenvalue weighted by molar-refractivity contribution is 0.125. The molecule has 1 aromatic carbocycles. The average molecular weight is 254 g/mol. The summed E-state index contributed by atoms with van der Waals surface area (Å²) in [7, 11) is 1.69. The summed E-state index contributed by atoms with van der Waals surface area (Å²) >= 11 is 0. The van der Waals surface area contributed by atoms with Gasteiger partial charge in [0.05, 0.1) is 6.61 Å². The highest BCUT2D eigenvalue weighted by Gasteiger charge is 2.14. The smallest absolute Gasteiger partial charge is 0.123 e. The van der Waals surface area contributed by atoms with Crippen LogP contribution < -0.4 is 5.73 Å². The largest absolute Gasteiger partial charge is 0.383 e. The minimum Gasteiger partial charge on any atom is -0.383 e. The fourth-order valence-electron chi connectivity index (χ4n) is 1.84. The van der Waals surface area contributed by atoms with Crippen molar-refractivity contribution < 1.29 is 9.13 Å². The number of hydrogen-bond donors (Lipinski definition) is 1. The second kappa shape index (κ2) is 7.46. The maximum absolute atomic E-state index is 12.8. The highest BCUT2D eigenvalue weighted by molar-refractivity contribution is 5.19. The van der Waals surface area contributed by atoms with Crippen LogP contribution in [0.3, 0.4) is 0 Å². The lowest BCUT2D eigenvalue weighted by atomic mass is 10.1. The van der Waals surface area contributed by atoms with Gasteiger partial charge in [0.15, 0.2) is 0 Å². The van der Waals surface area contributed by atoms with Crippen molar-refractivity contribution in [1.29, 1.82) is 0 Å². The summed E-state index contributed by atoms with van der Waals surface area (Å²) in [5.41, 5.74) is 7.11. The van der Waals surface area contributed by atoms with Gasteiger partial charge >= 0.3 is 0 Å². The molecule has 18 heavy (non-hydrogen) atoms. The van der Waals surface area contributed by atoms with Crippen molar-refractivity contribution in [2.75, 3.05) is 26.8 Å². The van der Waals surface area contributed by atoms with Gasteiger partial charge in [0.25, 0.3) is 0 Å². The van der Waals surface area contributed by atoms with Gasteiger partial charge < -0.3 is 10.5 Å². The van der Waals surface area contributed by atoms with E-state index in [4.69, 9.17) is 10.5 Å². The Bertz CT molecular complexity index is 340. The first-order chi connectivity index (χ1) is 8.54. The van der Waals surface area contributed by atoms with Crippen molar-refractivity contribution in [3.63, 3.8) is 0 Å². The van der Waals surface area contributed by atoms with E-state index in [2.05, 4.69) is 18.7 Å². The summed E-state index contributed by atoms with van der Waals surface area (Å²) < 4.78 is 17.9. The molecule has 4 heteroatoms. The minimum absolute atomic E-state index is 0.107. The topological polar surface area (TPSA) is 38.5 Å². The molecule has 0 saturated carbocycles. The van der Waals surface area contributed by atoms with Crippen molar-refractivity contribution in [3.05, 3.63) is 35.6 Å². The number of rotatable bonds is 7. The van der Waals surface area contributed by atoms with E-state index in [1.807, 2.05) is 0 Å². The number of methoxy groups -OCH3 is 1. The van der Waals surface area contributed by atoms with E-state index in [0.717, 1.165) is 18.7 Å². The highest BCUT2D eigenvalue weighted by Crippen LogP contribution is 2.14. The number of ether oxygens (including phenoxy) is 1. The Morgan fingerprint density at radius 3 is 2.39 bits per heavy atom. The molecule has 0 spiro atoms. The minimum atomic E-state index is -0.231. The summed E-state index contributed by atoms with van der Waals surface area (Å²) in [5.74, 6) is -0.231. The van der Waals surface area contributed by atoms with Crippen LogP contribution in [-0.2, 0) is 4.74 Å². The first-order valence-electron chi connectivity index (χ1n) is 6.28. The van der Waals surface area contributed by atoms with Crippen LogP contribution in [-0.4, -0.2) is 37.7 Å². The molecule has 0 fully saturated rings. The number of benzene rings is 1. The van der Waals surface area contributed by atoms with Gasteiger partial charge in [-0.1, -0.05) is 12.1 Å². The Balaban J connectivity index is 2.59. The van der Waals surface area contributed by atoms with Crippen LogP contribution in [0.15, 0.2) is 24.3 Å². The third-order valence-electron chi connectivity index (χ3n) is 3.04. The van der Waals surface area contributed by atoms with E-state index in [9.17, 15) is 4.39 Å². The van der Waals surface area contributed by atoms with Gasteiger partial charge in [-0.3, -0.25) is 4.90 Å². The number of nitrogens with two attached hydrogens (primary N) is 1. The van der Waals surface area contributed by atoms with E-state index in [0.29, 0.717) is 12.6 Å². The molecule has 0 aliphatic rings. The predicted octanol–water partition coefficient (Wildman–Crippen LogP) is 2.18. The predicted molar refractivity (Wildman–Crippen MR) is 71.9 cm³/mol. The maximum Gasteiger partial charge on any atom is 0.123 e. The second-order valence-electron chi connectivity index (χ2n) is 4.74. The van der Waals surface area contributed by atoms with Gasteiger partial charge in [0.1, 0.15) is 5.82 Å². The summed E-state index contributed by atoms with van der Waals surface area (Å²) in [4.78, 5) is 2.26. The quantitative estimate of drug-likeness (QED) is 0.810. The Labute approximate surface area is 109 Å².